The molecule has 2 aromatic rings. The van der Waals surface area contributed by atoms with Crippen LogP contribution in [-0.2, 0) is 4.79 Å². The highest BCUT2D eigenvalue weighted by Gasteiger charge is 2.01. The Morgan fingerprint density at radius 3 is 2.68 bits per heavy atom. The molecule has 96 valence electrons. The van der Waals surface area contributed by atoms with Gasteiger partial charge in [0.15, 0.2) is 0 Å². The second-order valence-corrected chi connectivity index (χ2v) is 4.71. The second-order valence-electron chi connectivity index (χ2n) is 3.86. The maximum Gasteiger partial charge on any atom is 0.248 e. The van der Waals surface area contributed by atoms with E-state index < -0.39 is 0 Å². The fraction of sp³-hybridized carbons (Fsp3) is 0. The van der Waals surface area contributed by atoms with Crippen LogP contribution in [-0.4, -0.2) is 5.91 Å². The molecule has 0 radical (unpaired) electrons. The number of rotatable bonds is 3. The van der Waals surface area contributed by atoms with Crippen LogP contribution in [0.3, 0.4) is 0 Å². The molecule has 0 aromatic heterocycles. The number of para-hydroxylation sites is 1. The summed E-state index contributed by atoms with van der Waals surface area (Å²) < 4.78 is 13.8. The average molecular weight is 320 g/mol. The summed E-state index contributed by atoms with van der Waals surface area (Å²) in [6.07, 6.45) is 2.93. The minimum Gasteiger partial charge on any atom is -0.321 e. The van der Waals surface area contributed by atoms with Crippen LogP contribution in [0, 0.1) is 5.82 Å². The van der Waals surface area contributed by atoms with Gasteiger partial charge in [0.25, 0.3) is 0 Å². The summed E-state index contributed by atoms with van der Waals surface area (Å²) in [5, 5.41) is 2.73. The van der Waals surface area contributed by atoms with Crippen LogP contribution in [0.2, 0.25) is 0 Å². The summed E-state index contributed by atoms with van der Waals surface area (Å²) in [6, 6.07) is 13.4. The van der Waals surface area contributed by atoms with Crippen molar-refractivity contribution < 1.29 is 9.18 Å². The summed E-state index contributed by atoms with van der Waals surface area (Å²) in [6.45, 7) is 0. The van der Waals surface area contributed by atoms with E-state index in [-0.39, 0.29) is 11.7 Å². The van der Waals surface area contributed by atoms with E-state index in [0.717, 1.165) is 4.47 Å². The van der Waals surface area contributed by atoms with Crippen LogP contribution in [0.25, 0.3) is 6.08 Å². The lowest BCUT2D eigenvalue weighted by atomic mass is 10.2. The molecule has 0 saturated heterocycles. The standard InChI is InChI=1S/C15H11BrFNO/c16-13-6-1-2-7-14(13)18-15(19)9-8-11-4-3-5-12(17)10-11/h1-10H,(H,18,19)/b9-8+. The Kier molecular flexibility index (Phi) is 4.47. The molecule has 0 spiro atoms. The normalized spacial score (nSPS) is 10.6. The van der Waals surface area contributed by atoms with E-state index in [1.165, 1.54) is 18.2 Å². The molecule has 1 amide bonds. The van der Waals surface area contributed by atoms with Crippen LogP contribution in [0.1, 0.15) is 5.56 Å². The molecular formula is C15H11BrFNO. The fourth-order valence-corrected chi connectivity index (χ4v) is 1.90. The first-order valence-electron chi connectivity index (χ1n) is 5.64. The largest absolute Gasteiger partial charge is 0.321 e. The average Bonchev–Trinajstić information content (AvgIpc) is 2.39. The van der Waals surface area contributed by atoms with Gasteiger partial charge in [-0.25, -0.2) is 4.39 Å². The first kappa shape index (κ1) is 13.5. The summed E-state index contributed by atoms with van der Waals surface area (Å²) in [5.74, 6) is -0.593. The number of carbonyl (C=O) groups is 1. The third-order valence-corrected chi connectivity index (χ3v) is 3.10. The molecule has 0 bridgehead atoms. The highest BCUT2D eigenvalue weighted by Crippen LogP contribution is 2.21. The Morgan fingerprint density at radius 2 is 1.95 bits per heavy atom. The Hall–Kier alpha value is -1.94. The van der Waals surface area contributed by atoms with Crippen LogP contribution >= 0.6 is 15.9 Å². The number of amides is 1. The van der Waals surface area contributed by atoms with Crippen molar-refractivity contribution in [3.05, 3.63) is 70.5 Å². The van der Waals surface area contributed by atoms with Crippen molar-refractivity contribution in [2.45, 2.75) is 0 Å². The molecule has 0 heterocycles. The number of halogens is 2. The van der Waals surface area contributed by atoms with E-state index in [1.807, 2.05) is 18.2 Å². The highest BCUT2D eigenvalue weighted by atomic mass is 79.9. The fourth-order valence-electron chi connectivity index (χ4n) is 1.52. The predicted molar refractivity (Wildman–Crippen MR) is 78.2 cm³/mol. The van der Waals surface area contributed by atoms with E-state index in [0.29, 0.717) is 11.3 Å². The topological polar surface area (TPSA) is 29.1 Å². The lowest BCUT2D eigenvalue weighted by molar-refractivity contribution is -0.111. The Bertz CT molecular complexity index is 625. The van der Waals surface area contributed by atoms with E-state index >= 15 is 0 Å². The van der Waals surface area contributed by atoms with Gasteiger partial charge in [-0.2, -0.15) is 0 Å². The van der Waals surface area contributed by atoms with Gasteiger partial charge >= 0.3 is 0 Å². The maximum absolute atomic E-state index is 13.0. The van der Waals surface area contributed by atoms with Crippen molar-refractivity contribution in [3.63, 3.8) is 0 Å². The third kappa shape index (κ3) is 4.03. The SMILES string of the molecule is O=C(/C=C/c1cccc(F)c1)Nc1ccccc1Br. The van der Waals surface area contributed by atoms with Gasteiger partial charge in [0.05, 0.1) is 5.69 Å². The Balaban J connectivity index is 2.04. The lowest BCUT2D eigenvalue weighted by Crippen LogP contribution is -2.08. The van der Waals surface area contributed by atoms with E-state index in [9.17, 15) is 9.18 Å². The Labute approximate surface area is 119 Å². The van der Waals surface area contributed by atoms with Crippen molar-refractivity contribution >= 4 is 33.6 Å². The monoisotopic (exact) mass is 319 g/mol. The molecule has 0 atom stereocenters. The number of benzene rings is 2. The van der Waals surface area contributed by atoms with Gasteiger partial charge < -0.3 is 5.32 Å². The molecule has 0 unspecified atom stereocenters. The van der Waals surface area contributed by atoms with Gasteiger partial charge in [-0.15, -0.1) is 0 Å². The van der Waals surface area contributed by atoms with Crippen molar-refractivity contribution in [2.75, 3.05) is 5.32 Å². The molecule has 19 heavy (non-hydrogen) atoms. The zero-order valence-electron chi connectivity index (χ0n) is 9.94. The first-order chi connectivity index (χ1) is 9.15. The number of carbonyl (C=O) groups excluding carboxylic acids is 1. The van der Waals surface area contributed by atoms with E-state index in [1.54, 1.807) is 24.3 Å². The number of nitrogens with one attached hydrogen (secondary N) is 1. The van der Waals surface area contributed by atoms with Crippen LogP contribution < -0.4 is 5.32 Å². The van der Waals surface area contributed by atoms with Gasteiger partial charge in [0, 0.05) is 10.5 Å². The van der Waals surface area contributed by atoms with Crippen LogP contribution in [0.5, 0.6) is 0 Å². The summed E-state index contributed by atoms with van der Waals surface area (Å²) in [7, 11) is 0. The lowest BCUT2D eigenvalue weighted by Gasteiger charge is -2.03. The number of hydrogen-bond acceptors (Lipinski definition) is 1. The van der Waals surface area contributed by atoms with Crippen LogP contribution in [0.4, 0.5) is 10.1 Å². The summed E-state index contributed by atoms with van der Waals surface area (Å²) in [5.41, 5.74) is 1.33. The molecule has 4 heteroatoms. The number of anilines is 1. The van der Waals surface area contributed by atoms with Crippen molar-refractivity contribution in [1.29, 1.82) is 0 Å². The Morgan fingerprint density at radius 1 is 1.16 bits per heavy atom. The molecule has 0 fully saturated rings. The van der Waals surface area contributed by atoms with Gasteiger partial charge in [-0.05, 0) is 51.8 Å². The van der Waals surface area contributed by atoms with Gasteiger partial charge in [-0.1, -0.05) is 24.3 Å². The minimum absolute atomic E-state index is 0.267. The molecule has 2 nitrogen and oxygen atoms in total. The molecule has 0 aliphatic heterocycles. The summed E-state index contributed by atoms with van der Waals surface area (Å²) in [4.78, 5) is 11.7. The molecule has 0 aliphatic carbocycles. The molecule has 0 saturated carbocycles. The zero-order chi connectivity index (χ0) is 13.7. The first-order valence-corrected chi connectivity index (χ1v) is 6.43. The molecule has 1 N–H and O–H groups in total. The summed E-state index contributed by atoms with van der Waals surface area (Å²) >= 11 is 3.34. The third-order valence-electron chi connectivity index (χ3n) is 2.41. The molecular weight excluding hydrogens is 309 g/mol. The minimum atomic E-state index is -0.326. The van der Waals surface area contributed by atoms with Gasteiger partial charge in [0.1, 0.15) is 5.82 Å². The molecule has 2 rings (SSSR count). The predicted octanol–water partition coefficient (Wildman–Crippen LogP) is 4.24. The smallest absolute Gasteiger partial charge is 0.248 e. The zero-order valence-corrected chi connectivity index (χ0v) is 11.5. The van der Waals surface area contributed by atoms with E-state index in [2.05, 4.69) is 21.2 Å². The van der Waals surface area contributed by atoms with Crippen molar-refractivity contribution in [2.24, 2.45) is 0 Å². The van der Waals surface area contributed by atoms with Crippen LogP contribution in [0.15, 0.2) is 59.1 Å². The highest BCUT2D eigenvalue weighted by molar-refractivity contribution is 9.10. The van der Waals surface area contributed by atoms with E-state index in [4.69, 9.17) is 0 Å². The van der Waals surface area contributed by atoms with Crippen molar-refractivity contribution in [3.8, 4) is 0 Å². The van der Waals surface area contributed by atoms with Crippen molar-refractivity contribution in [1.82, 2.24) is 0 Å². The second kappa shape index (κ2) is 6.29. The van der Waals surface area contributed by atoms with Gasteiger partial charge in [0.2, 0.25) is 5.91 Å². The molecule has 2 aromatic carbocycles. The maximum atomic E-state index is 13.0. The quantitative estimate of drug-likeness (QED) is 0.842. The van der Waals surface area contributed by atoms with Gasteiger partial charge in [-0.3, -0.25) is 4.79 Å². The number of hydrogen-bond donors (Lipinski definition) is 1. The molecule has 0 aliphatic rings.